The Labute approximate surface area is 144 Å². The van der Waals surface area contributed by atoms with Crippen molar-refractivity contribution in [2.24, 2.45) is 0 Å². The van der Waals surface area contributed by atoms with Gasteiger partial charge in [-0.2, -0.15) is 13.2 Å². The van der Waals surface area contributed by atoms with Crippen LogP contribution >= 0.6 is 0 Å². The summed E-state index contributed by atoms with van der Waals surface area (Å²) >= 11 is 0. The molecule has 0 radical (unpaired) electrons. The first kappa shape index (κ1) is 19.1. The molecule has 1 atom stereocenters. The van der Waals surface area contributed by atoms with Crippen molar-refractivity contribution in [2.45, 2.75) is 37.9 Å². The van der Waals surface area contributed by atoms with Gasteiger partial charge in [0.05, 0.1) is 6.61 Å². The molecule has 138 valence electrons. The number of nitrogens with one attached hydrogen (secondary N) is 1. The van der Waals surface area contributed by atoms with Gasteiger partial charge in [-0.25, -0.2) is 0 Å². The van der Waals surface area contributed by atoms with Crippen molar-refractivity contribution in [3.05, 3.63) is 30.3 Å². The molecule has 0 bridgehead atoms. The van der Waals surface area contributed by atoms with Gasteiger partial charge in [0.1, 0.15) is 18.3 Å². The van der Waals surface area contributed by atoms with E-state index in [0.29, 0.717) is 38.2 Å². The van der Waals surface area contributed by atoms with E-state index in [2.05, 4.69) is 0 Å². The first-order valence-corrected chi connectivity index (χ1v) is 8.18. The van der Waals surface area contributed by atoms with Crippen molar-refractivity contribution in [2.75, 3.05) is 19.7 Å². The number of ether oxygens (including phenoxy) is 1. The third-order valence-electron chi connectivity index (χ3n) is 3.89. The summed E-state index contributed by atoms with van der Waals surface area (Å²) in [5, 5.41) is 1.86. The quantitative estimate of drug-likeness (QED) is 0.762. The average molecular weight is 358 g/mol. The second kappa shape index (κ2) is 8.73. The minimum atomic E-state index is -4.46. The van der Waals surface area contributed by atoms with Crippen molar-refractivity contribution in [1.82, 2.24) is 10.2 Å². The van der Waals surface area contributed by atoms with Gasteiger partial charge < -0.3 is 15.0 Å². The molecule has 25 heavy (non-hydrogen) atoms. The number of para-hydroxylation sites is 1. The lowest BCUT2D eigenvalue weighted by atomic mass is 10.2. The molecule has 5 nitrogen and oxygen atoms in total. The number of amides is 2. The van der Waals surface area contributed by atoms with Crippen LogP contribution in [0.3, 0.4) is 0 Å². The lowest BCUT2D eigenvalue weighted by molar-refractivity contribution is -0.144. The highest BCUT2D eigenvalue weighted by Crippen LogP contribution is 2.20. The van der Waals surface area contributed by atoms with Crippen LogP contribution in [0, 0.1) is 0 Å². The largest absolute Gasteiger partial charge is 0.494 e. The summed E-state index contributed by atoms with van der Waals surface area (Å²) in [4.78, 5) is 25.5. The maximum absolute atomic E-state index is 12.2. The lowest BCUT2D eigenvalue weighted by Gasteiger charge is -2.24. The molecule has 1 fully saturated rings. The van der Waals surface area contributed by atoms with Crippen LogP contribution in [-0.2, 0) is 9.59 Å². The van der Waals surface area contributed by atoms with Crippen LogP contribution in [0.2, 0.25) is 0 Å². The predicted molar refractivity (Wildman–Crippen MR) is 85.0 cm³/mol. The molecule has 0 aliphatic carbocycles. The summed E-state index contributed by atoms with van der Waals surface area (Å²) in [6.07, 6.45) is -2.80. The molecule has 1 aliphatic rings. The Hall–Kier alpha value is -2.25. The number of benzene rings is 1. The number of hydrogen-bond donors (Lipinski definition) is 1. The number of likely N-dealkylation sites (tertiary alicyclic amines) is 1. The molecule has 0 spiro atoms. The zero-order chi connectivity index (χ0) is 18.3. The average Bonchev–Trinajstić information content (AvgIpc) is 3.06. The normalized spacial score (nSPS) is 17.4. The van der Waals surface area contributed by atoms with E-state index < -0.39 is 24.7 Å². The second-order valence-corrected chi connectivity index (χ2v) is 5.84. The molecule has 1 aliphatic heterocycles. The van der Waals surface area contributed by atoms with Gasteiger partial charge in [-0.15, -0.1) is 0 Å². The SMILES string of the molecule is O=C(NCC(F)(F)F)C1CCCN1C(=O)CCCOc1ccccc1. The Bertz CT molecular complexity index is 578. The van der Waals surface area contributed by atoms with Gasteiger partial charge in [-0.05, 0) is 31.4 Å². The minimum absolute atomic E-state index is 0.190. The monoisotopic (exact) mass is 358 g/mol. The fraction of sp³-hybridized carbons (Fsp3) is 0.529. The molecule has 1 heterocycles. The van der Waals surface area contributed by atoms with Crippen LogP contribution < -0.4 is 10.1 Å². The zero-order valence-corrected chi connectivity index (χ0v) is 13.7. The highest BCUT2D eigenvalue weighted by molar-refractivity contribution is 5.88. The summed E-state index contributed by atoms with van der Waals surface area (Å²) in [6, 6.07) is 8.36. The Morgan fingerprint density at radius 3 is 2.64 bits per heavy atom. The molecule has 0 saturated carbocycles. The standard InChI is InChI=1S/C17H21F3N2O3/c18-17(19,20)12-21-16(24)14-8-4-10-22(14)15(23)9-5-11-25-13-6-2-1-3-7-13/h1-3,6-7,14H,4-5,8-12H2,(H,21,24). The molecule has 2 amide bonds. The highest BCUT2D eigenvalue weighted by atomic mass is 19.4. The first-order chi connectivity index (χ1) is 11.9. The Balaban J connectivity index is 1.74. The van der Waals surface area contributed by atoms with E-state index >= 15 is 0 Å². The number of rotatable bonds is 7. The molecule has 2 rings (SSSR count). The van der Waals surface area contributed by atoms with Crippen LogP contribution in [0.5, 0.6) is 5.75 Å². The van der Waals surface area contributed by atoms with E-state index in [1.165, 1.54) is 4.90 Å². The Morgan fingerprint density at radius 2 is 1.96 bits per heavy atom. The van der Waals surface area contributed by atoms with E-state index in [0.717, 1.165) is 0 Å². The third kappa shape index (κ3) is 6.28. The second-order valence-electron chi connectivity index (χ2n) is 5.84. The molecular formula is C17H21F3N2O3. The zero-order valence-electron chi connectivity index (χ0n) is 13.7. The number of halogens is 3. The molecule has 1 aromatic carbocycles. The highest BCUT2D eigenvalue weighted by Gasteiger charge is 2.35. The Morgan fingerprint density at radius 1 is 1.24 bits per heavy atom. The molecule has 8 heteroatoms. The number of alkyl halides is 3. The van der Waals surface area contributed by atoms with Gasteiger partial charge in [0.15, 0.2) is 0 Å². The van der Waals surface area contributed by atoms with Gasteiger partial charge in [0, 0.05) is 13.0 Å². The van der Waals surface area contributed by atoms with Gasteiger partial charge in [-0.3, -0.25) is 9.59 Å². The van der Waals surface area contributed by atoms with E-state index in [1.54, 1.807) is 0 Å². The molecule has 1 aromatic rings. The van der Waals surface area contributed by atoms with Gasteiger partial charge in [-0.1, -0.05) is 18.2 Å². The molecular weight excluding hydrogens is 337 g/mol. The van der Waals surface area contributed by atoms with Crippen LogP contribution in [0.4, 0.5) is 13.2 Å². The van der Waals surface area contributed by atoms with Crippen LogP contribution in [0.1, 0.15) is 25.7 Å². The van der Waals surface area contributed by atoms with Crippen LogP contribution in [0.15, 0.2) is 30.3 Å². The summed E-state index contributed by atoms with van der Waals surface area (Å²) < 4.78 is 42.1. The lowest BCUT2D eigenvalue weighted by Crippen LogP contribution is -2.48. The molecule has 1 unspecified atom stereocenters. The van der Waals surface area contributed by atoms with Gasteiger partial charge in [0.2, 0.25) is 11.8 Å². The van der Waals surface area contributed by atoms with Crippen LogP contribution in [-0.4, -0.2) is 48.6 Å². The molecule has 1 saturated heterocycles. The van der Waals surface area contributed by atoms with E-state index in [4.69, 9.17) is 4.74 Å². The van der Waals surface area contributed by atoms with E-state index in [-0.39, 0.29) is 12.3 Å². The summed E-state index contributed by atoms with van der Waals surface area (Å²) in [6.45, 7) is -0.633. The first-order valence-electron chi connectivity index (χ1n) is 8.18. The van der Waals surface area contributed by atoms with Crippen molar-refractivity contribution in [3.63, 3.8) is 0 Å². The third-order valence-corrected chi connectivity index (χ3v) is 3.89. The summed E-state index contributed by atoms with van der Waals surface area (Å²) in [7, 11) is 0. The van der Waals surface area contributed by atoms with Crippen LogP contribution in [0.25, 0.3) is 0 Å². The minimum Gasteiger partial charge on any atom is -0.494 e. The number of carbonyl (C=O) groups excluding carboxylic acids is 2. The van der Waals surface area contributed by atoms with E-state index in [9.17, 15) is 22.8 Å². The fourth-order valence-corrected chi connectivity index (χ4v) is 2.72. The smallest absolute Gasteiger partial charge is 0.405 e. The van der Waals surface area contributed by atoms with Crippen molar-refractivity contribution >= 4 is 11.8 Å². The topological polar surface area (TPSA) is 58.6 Å². The maximum Gasteiger partial charge on any atom is 0.405 e. The van der Waals surface area contributed by atoms with Crippen molar-refractivity contribution in [1.29, 1.82) is 0 Å². The molecule has 1 N–H and O–H groups in total. The number of hydrogen-bond acceptors (Lipinski definition) is 3. The maximum atomic E-state index is 12.2. The fourth-order valence-electron chi connectivity index (χ4n) is 2.72. The number of nitrogens with zero attached hydrogens (tertiary/aromatic N) is 1. The summed E-state index contributed by atoms with van der Waals surface area (Å²) in [5.41, 5.74) is 0. The van der Waals surface area contributed by atoms with Crippen molar-refractivity contribution in [3.8, 4) is 5.75 Å². The predicted octanol–water partition coefficient (Wildman–Crippen LogP) is 2.52. The van der Waals surface area contributed by atoms with Gasteiger partial charge in [0.25, 0.3) is 0 Å². The Kier molecular flexibility index (Phi) is 6.66. The van der Waals surface area contributed by atoms with Crippen molar-refractivity contribution < 1.29 is 27.5 Å². The number of carbonyl (C=O) groups is 2. The molecule has 0 aromatic heterocycles. The summed E-state index contributed by atoms with van der Waals surface area (Å²) in [5.74, 6) is -0.273. The van der Waals surface area contributed by atoms with Gasteiger partial charge >= 0.3 is 6.18 Å². The van der Waals surface area contributed by atoms with E-state index in [1.807, 2.05) is 35.6 Å².